The number of aryl methyl sites for hydroxylation is 1. The maximum atomic E-state index is 14.4. The monoisotopic (exact) mass is 759 g/mol. The van der Waals surface area contributed by atoms with Crippen molar-refractivity contribution in [1.82, 2.24) is 9.88 Å². The lowest BCUT2D eigenvalue weighted by Gasteiger charge is -2.48. The van der Waals surface area contributed by atoms with Crippen LogP contribution in [-0.4, -0.2) is 121 Å². The van der Waals surface area contributed by atoms with Crippen LogP contribution in [0, 0.1) is 30.6 Å². The Morgan fingerprint density at radius 3 is 2.41 bits per heavy atom. The van der Waals surface area contributed by atoms with Gasteiger partial charge in [-0.2, -0.15) is 0 Å². The minimum Gasteiger partial charge on any atom is -0.459 e. The molecule has 3 saturated heterocycles. The average Bonchev–Trinajstić information content (AvgIpc) is 3.14. The van der Waals surface area contributed by atoms with Crippen molar-refractivity contribution in [2.24, 2.45) is 28.8 Å². The molecule has 4 rings (SSSR count). The first-order chi connectivity index (χ1) is 25.3. The van der Waals surface area contributed by atoms with Crippen molar-refractivity contribution in [3.05, 3.63) is 41.7 Å². The van der Waals surface area contributed by atoms with Gasteiger partial charge < -0.3 is 43.3 Å². The summed E-state index contributed by atoms with van der Waals surface area (Å²) < 4.78 is 38.9. The maximum absolute atomic E-state index is 14.4. The molecule has 3 fully saturated rings. The van der Waals surface area contributed by atoms with Crippen molar-refractivity contribution in [3.8, 4) is 0 Å². The number of nitrogens with zero attached hydrogens (tertiary/aromatic N) is 3. The third-order valence-electron chi connectivity index (χ3n) is 11.7. The number of rotatable bonds is 8. The number of aromatic nitrogens is 1. The highest BCUT2D eigenvalue weighted by Gasteiger charge is 2.52. The van der Waals surface area contributed by atoms with E-state index >= 15 is 0 Å². The van der Waals surface area contributed by atoms with E-state index in [-0.39, 0.29) is 44.3 Å². The predicted molar refractivity (Wildman–Crippen MR) is 204 cm³/mol. The second-order valence-corrected chi connectivity index (χ2v) is 16.4. The van der Waals surface area contributed by atoms with Crippen molar-refractivity contribution in [1.29, 1.82) is 0 Å². The van der Waals surface area contributed by atoms with Crippen molar-refractivity contribution in [3.63, 3.8) is 0 Å². The molecule has 0 saturated carbocycles. The number of cyclic esters (lactones) is 1. The van der Waals surface area contributed by atoms with Crippen LogP contribution in [0.1, 0.15) is 85.9 Å². The number of fused-ring (bicyclic) bond motifs is 5. The fraction of sp³-hybridized carbons (Fsp3) is 0.756. The summed E-state index contributed by atoms with van der Waals surface area (Å²) in [5, 5.41) is 16.7. The van der Waals surface area contributed by atoms with Gasteiger partial charge in [0.05, 0.1) is 42.8 Å². The van der Waals surface area contributed by atoms with Crippen LogP contribution in [0.4, 0.5) is 0 Å². The molecule has 2 unspecified atom stereocenters. The van der Waals surface area contributed by atoms with Crippen LogP contribution in [0.2, 0.25) is 0 Å². The molecule has 1 aromatic rings. The molecule has 13 nitrogen and oxygen atoms in total. The van der Waals surface area contributed by atoms with Crippen molar-refractivity contribution in [2.45, 2.75) is 142 Å². The molecule has 0 radical (unpaired) electrons. The Bertz CT molecular complexity index is 1470. The quantitative estimate of drug-likeness (QED) is 0.164. The molecule has 0 aliphatic carbocycles. The standard InChI is InChI=1S/C41H65N3O10/c1-14-33-41(10,47)37-27(6)26(5)24(3)18-40(9,50-21-31(20-49-37)43-51-22-30-16-15-23(2)19-42-30)36(28(7)34(45)29(8)38(46)53-33)54-39-35(48-13)32(44(11)12)17-25(4)52-39/h15-16,19,24-25,27-29,32-33,35-37,39,47H,5,14,17-18,20-22H2,1-4,6-13H3/b43-31+/t24-,25-,27+,28+,29?,32+,33-,35-,36-,37-,39?,40-,41-/m1/s1. The first kappa shape index (κ1) is 43.9. The Balaban J connectivity index is 1.87. The fourth-order valence-electron chi connectivity index (χ4n) is 8.30. The van der Waals surface area contributed by atoms with E-state index in [2.05, 4.69) is 21.6 Å². The number of carbonyl (C=O) groups excluding carboxylic acids is 2. The Hall–Kier alpha value is -2.78. The summed E-state index contributed by atoms with van der Waals surface area (Å²) in [6, 6.07) is 3.79. The van der Waals surface area contributed by atoms with E-state index in [4.69, 9.17) is 33.3 Å². The summed E-state index contributed by atoms with van der Waals surface area (Å²) in [6.45, 7) is 21.1. The first-order valence-corrected chi connectivity index (χ1v) is 19.3. The summed E-state index contributed by atoms with van der Waals surface area (Å²) in [7, 11) is 5.61. The fourth-order valence-corrected chi connectivity index (χ4v) is 8.30. The van der Waals surface area contributed by atoms with Crippen LogP contribution in [-0.2, 0) is 49.5 Å². The Morgan fingerprint density at radius 2 is 1.80 bits per heavy atom. The second kappa shape index (κ2) is 18.4. The van der Waals surface area contributed by atoms with Crippen LogP contribution < -0.4 is 0 Å². The zero-order valence-corrected chi connectivity index (χ0v) is 34.5. The number of esters is 1. The third-order valence-corrected chi connectivity index (χ3v) is 11.7. The molecule has 0 amide bonds. The van der Waals surface area contributed by atoms with Gasteiger partial charge in [0.2, 0.25) is 0 Å². The van der Waals surface area contributed by atoms with Gasteiger partial charge in [-0.1, -0.05) is 51.1 Å². The molecule has 304 valence electrons. The Kier molecular flexibility index (Phi) is 15.0. The molecule has 54 heavy (non-hydrogen) atoms. The molecule has 1 N–H and O–H groups in total. The number of oxime groups is 1. The van der Waals surface area contributed by atoms with E-state index in [1.54, 1.807) is 27.2 Å². The largest absolute Gasteiger partial charge is 0.459 e. The number of ether oxygens (including phenoxy) is 6. The van der Waals surface area contributed by atoms with E-state index in [1.165, 1.54) is 6.92 Å². The van der Waals surface area contributed by atoms with Gasteiger partial charge in [-0.3, -0.25) is 14.6 Å². The number of Topliss-reactive ketones (excluding diaryl/α,β-unsaturated/α-hetero) is 1. The van der Waals surface area contributed by atoms with E-state index in [0.29, 0.717) is 17.8 Å². The van der Waals surface area contributed by atoms with E-state index in [9.17, 15) is 14.7 Å². The first-order valence-electron chi connectivity index (χ1n) is 19.3. The van der Waals surface area contributed by atoms with Crippen LogP contribution in [0.25, 0.3) is 0 Å². The Morgan fingerprint density at radius 1 is 1.09 bits per heavy atom. The topological polar surface area (TPSA) is 147 Å². The average molecular weight is 760 g/mol. The minimum atomic E-state index is -1.68. The SMILES string of the molecule is C=C1[C@H](C)C[C@@]2(C)OC/C(=N/OCc3ccc(C)cn3)CO[C@H]([C@H]1C)[C@](C)(O)[C@@H](CC)OC(=O)C(C)C(=O)[C@H](C)[C@H]2OC1O[C@H](C)C[C@H](N(C)C)[C@H]1OC. The predicted octanol–water partition coefficient (Wildman–Crippen LogP) is 5.05. The molecule has 13 heteroatoms. The number of hydrogen-bond acceptors (Lipinski definition) is 13. The van der Waals surface area contributed by atoms with Gasteiger partial charge in [-0.15, -0.1) is 0 Å². The van der Waals surface area contributed by atoms with Gasteiger partial charge in [-0.25, -0.2) is 0 Å². The molecule has 0 spiro atoms. The second-order valence-electron chi connectivity index (χ2n) is 16.4. The summed E-state index contributed by atoms with van der Waals surface area (Å²) in [5.41, 5.74) is 0.0515. The number of hydrogen-bond donors (Lipinski definition) is 1. The summed E-state index contributed by atoms with van der Waals surface area (Å²) in [4.78, 5) is 40.6. The van der Waals surface area contributed by atoms with Crippen LogP contribution in [0.3, 0.4) is 0 Å². The maximum Gasteiger partial charge on any atom is 0.316 e. The Labute approximate surface area is 322 Å². The van der Waals surface area contributed by atoms with E-state index < -0.39 is 71.4 Å². The van der Waals surface area contributed by atoms with E-state index in [1.807, 2.05) is 67.8 Å². The summed E-state index contributed by atoms with van der Waals surface area (Å²) in [6.07, 6.45) is -1.24. The zero-order valence-electron chi connectivity index (χ0n) is 34.5. The number of ketones is 1. The molecule has 13 atom stereocenters. The highest BCUT2D eigenvalue weighted by atomic mass is 16.7. The van der Waals surface area contributed by atoms with Gasteiger partial charge in [0.15, 0.2) is 18.7 Å². The zero-order chi connectivity index (χ0) is 40.1. The molecule has 4 heterocycles. The summed E-state index contributed by atoms with van der Waals surface area (Å²) >= 11 is 0. The van der Waals surface area contributed by atoms with Gasteiger partial charge in [0, 0.05) is 31.2 Å². The minimum absolute atomic E-state index is 0.0326. The van der Waals surface area contributed by atoms with Gasteiger partial charge in [0.25, 0.3) is 0 Å². The third kappa shape index (κ3) is 9.96. The van der Waals surface area contributed by atoms with E-state index in [0.717, 1.165) is 17.6 Å². The molecular formula is C41H65N3O10. The van der Waals surface area contributed by atoms with Crippen molar-refractivity contribution >= 4 is 17.5 Å². The van der Waals surface area contributed by atoms with Crippen molar-refractivity contribution < 1.29 is 48.0 Å². The van der Waals surface area contributed by atoms with Gasteiger partial charge in [-0.05, 0) is 85.5 Å². The summed E-state index contributed by atoms with van der Waals surface area (Å²) in [5.74, 6) is -3.80. The van der Waals surface area contributed by atoms with Crippen LogP contribution >= 0.6 is 0 Å². The van der Waals surface area contributed by atoms with Crippen molar-refractivity contribution in [2.75, 3.05) is 34.4 Å². The molecular weight excluding hydrogens is 694 g/mol. The number of methoxy groups -OCH3 is 1. The van der Waals surface area contributed by atoms with Gasteiger partial charge >= 0.3 is 5.97 Å². The number of pyridine rings is 1. The number of aliphatic hydroxyl groups is 1. The number of carbonyl (C=O) groups is 2. The van der Waals surface area contributed by atoms with Gasteiger partial charge in [0.1, 0.15) is 29.4 Å². The lowest BCUT2D eigenvalue weighted by Crippen LogP contribution is -2.60. The molecule has 3 aliphatic rings. The van der Waals surface area contributed by atoms with Crippen LogP contribution in [0.5, 0.6) is 0 Å². The smallest absolute Gasteiger partial charge is 0.316 e. The van der Waals surface area contributed by atoms with Crippen LogP contribution in [0.15, 0.2) is 35.6 Å². The molecule has 3 aliphatic heterocycles. The molecule has 1 aromatic heterocycles. The normalized spacial score (nSPS) is 39.8. The highest BCUT2D eigenvalue weighted by Crippen LogP contribution is 2.42. The lowest BCUT2D eigenvalue weighted by atomic mass is 9.73. The molecule has 2 bridgehead atoms. The highest BCUT2D eigenvalue weighted by molar-refractivity contribution is 6.00. The lowest BCUT2D eigenvalue weighted by molar-refractivity contribution is -0.300. The molecule has 0 aromatic carbocycles. The number of likely N-dealkylation sites (N-methyl/N-ethyl adjacent to an activating group) is 1.